The maximum absolute atomic E-state index is 5.92. The van der Waals surface area contributed by atoms with E-state index in [9.17, 15) is 0 Å². The first-order valence-corrected chi connectivity index (χ1v) is 5.90. The number of imidazole rings is 1. The summed E-state index contributed by atoms with van der Waals surface area (Å²) in [6.45, 7) is 0. The van der Waals surface area contributed by atoms with Crippen molar-refractivity contribution in [3.05, 3.63) is 47.1 Å². The lowest BCUT2D eigenvalue weighted by atomic mass is 10.3. The van der Waals surface area contributed by atoms with Gasteiger partial charge in [0.25, 0.3) is 0 Å². The van der Waals surface area contributed by atoms with E-state index in [1.807, 2.05) is 41.0 Å². The summed E-state index contributed by atoms with van der Waals surface area (Å²) in [6, 6.07) is 11.6. The number of para-hydroxylation sites is 2. The Balaban J connectivity index is 2.29. The average molecular weight is 289 g/mol. The molecule has 2 heterocycles. The van der Waals surface area contributed by atoms with Gasteiger partial charge >= 0.3 is 0 Å². The molecule has 0 aliphatic heterocycles. The van der Waals surface area contributed by atoms with Gasteiger partial charge in [0.1, 0.15) is 5.82 Å². The predicted molar refractivity (Wildman–Crippen MR) is 71.0 cm³/mol. The van der Waals surface area contributed by atoms with Crippen LogP contribution in [0.3, 0.4) is 0 Å². The number of nitrogens with two attached hydrogens (primary N) is 1. The van der Waals surface area contributed by atoms with E-state index in [2.05, 4.69) is 25.9 Å². The third-order valence-corrected chi connectivity index (χ3v) is 3.00. The number of halogens is 1. The Morgan fingerprint density at radius 3 is 2.71 bits per heavy atom. The minimum atomic E-state index is 0.445. The van der Waals surface area contributed by atoms with Crippen LogP contribution in [0.15, 0.2) is 47.1 Å². The van der Waals surface area contributed by atoms with E-state index in [-0.39, 0.29) is 0 Å². The van der Waals surface area contributed by atoms with Crippen LogP contribution in [0.1, 0.15) is 0 Å². The molecule has 0 amide bonds. The molecule has 0 saturated carbocycles. The lowest BCUT2D eigenvalue weighted by Gasteiger charge is -2.04. The Morgan fingerprint density at radius 1 is 1.12 bits per heavy atom. The third-order valence-electron chi connectivity index (χ3n) is 2.53. The second-order valence-electron chi connectivity index (χ2n) is 3.63. The molecule has 84 valence electrons. The van der Waals surface area contributed by atoms with Crippen LogP contribution in [-0.2, 0) is 0 Å². The summed E-state index contributed by atoms with van der Waals surface area (Å²) < 4.78 is 2.77. The van der Waals surface area contributed by atoms with Crippen molar-refractivity contribution in [1.29, 1.82) is 0 Å². The van der Waals surface area contributed by atoms with Gasteiger partial charge in [-0.05, 0) is 40.2 Å². The number of anilines is 1. The molecule has 0 spiro atoms. The van der Waals surface area contributed by atoms with Crippen LogP contribution in [0.25, 0.3) is 16.9 Å². The monoisotopic (exact) mass is 288 g/mol. The van der Waals surface area contributed by atoms with Gasteiger partial charge in [0, 0.05) is 10.7 Å². The van der Waals surface area contributed by atoms with E-state index in [1.54, 1.807) is 6.20 Å². The number of nitrogen functional groups attached to an aromatic ring is 1. The van der Waals surface area contributed by atoms with E-state index in [0.29, 0.717) is 5.95 Å². The van der Waals surface area contributed by atoms with Gasteiger partial charge in [-0.25, -0.2) is 9.97 Å². The molecule has 0 aliphatic carbocycles. The van der Waals surface area contributed by atoms with Crippen molar-refractivity contribution in [2.45, 2.75) is 0 Å². The van der Waals surface area contributed by atoms with Gasteiger partial charge in [0.2, 0.25) is 5.95 Å². The van der Waals surface area contributed by atoms with Crippen LogP contribution in [0.4, 0.5) is 5.95 Å². The largest absolute Gasteiger partial charge is 0.369 e. The molecule has 3 aromatic rings. The van der Waals surface area contributed by atoms with Gasteiger partial charge < -0.3 is 5.73 Å². The number of aromatic nitrogens is 3. The smallest absolute Gasteiger partial charge is 0.207 e. The molecule has 2 aromatic heterocycles. The molecule has 0 bridgehead atoms. The summed E-state index contributed by atoms with van der Waals surface area (Å²) in [6.07, 6.45) is 1.74. The highest BCUT2D eigenvalue weighted by atomic mass is 79.9. The lowest BCUT2D eigenvalue weighted by molar-refractivity contribution is 1.03. The van der Waals surface area contributed by atoms with Gasteiger partial charge in [-0.15, -0.1) is 0 Å². The summed E-state index contributed by atoms with van der Waals surface area (Å²) >= 11 is 3.36. The van der Waals surface area contributed by atoms with Gasteiger partial charge in [-0.2, -0.15) is 0 Å². The van der Waals surface area contributed by atoms with Crippen molar-refractivity contribution in [1.82, 2.24) is 14.5 Å². The molecule has 17 heavy (non-hydrogen) atoms. The first kappa shape index (κ1) is 10.3. The van der Waals surface area contributed by atoms with Gasteiger partial charge in [0.05, 0.1) is 11.0 Å². The lowest BCUT2D eigenvalue weighted by Crippen LogP contribution is -2.02. The fraction of sp³-hybridized carbons (Fsp3) is 0. The quantitative estimate of drug-likeness (QED) is 0.749. The topological polar surface area (TPSA) is 56.7 Å². The average Bonchev–Trinajstić information content (AvgIpc) is 2.66. The van der Waals surface area contributed by atoms with Crippen molar-refractivity contribution in [2.24, 2.45) is 0 Å². The van der Waals surface area contributed by atoms with E-state index in [4.69, 9.17) is 5.73 Å². The summed E-state index contributed by atoms with van der Waals surface area (Å²) in [5, 5.41) is 0. The minimum Gasteiger partial charge on any atom is -0.369 e. The van der Waals surface area contributed by atoms with Crippen molar-refractivity contribution >= 4 is 32.9 Å². The zero-order chi connectivity index (χ0) is 11.8. The zero-order valence-electron chi connectivity index (χ0n) is 8.84. The highest BCUT2D eigenvalue weighted by Gasteiger charge is 2.09. The van der Waals surface area contributed by atoms with Crippen LogP contribution in [-0.4, -0.2) is 14.5 Å². The third kappa shape index (κ3) is 1.68. The van der Waals surface area contributed by atoms with Crippen LogP contribution in [0.5, 0.6) is 0 Å². The summed E-state index contributed by atoms with van der Waals surface area (Å²) in [7, 11) is 0. The minimum absolute atomic E-state index is 0.445. The molecule has 0 aliphatic rings. The summed E-state index contributed by atoms with van der Waals surface area (Å²) in [4.78, 5) is 8.63. The molecule has 0 fully saturated rings. The molecule has 0 saturated heterocycles. The number of benzene rings is 1. The molecule has 0 atom stereocenters. The Bertz CT molecular complexity index is 673. The Labute approximate surface area is 106 Å². The number of pyridine rings is 1. The second kappa shape index (κ2) is 3.85. The number of nitrogens with zero attached hydrogens (tertiary/aromatic N) is 3. The van der Waals surface area contributed by atoms with Gasteiger partial charge in [-0.3, -0.25) is 4.57 Å². The van der Waals surface area contributed by atoms with E-state index in [1.165, 1.54) is 0 Å². The van der Waals surface area contributed by atoms with Crippen molar-refractivity contribution in [3.8, 4) is 5.82 Å². The van der Waals surface area contributed by atoms with Gasteiger partial charge in [-0.1, -0.05) is 12.1 Å². The zero-order valence-corrected chi connectivity index (χ0v) is 10.4. The van der Waals surface area contributed by atoms with E-state index >= 15 is 0 Å². The Kier molecular flexibility index (Phi) is 2.33. The Morgan fingerprint density at radius 2 is 1.94 bits per heavy atom. The van der Waals surface area contributed by atoms with Crippen LogP contribution in [0.2, 0.25) is 0 Å². The van der Waals surface area contributed by atoms with Crippen LogP contribution < -0.4 is 5.73 Å². The number of fused-ring (bicyclic) bond motifs is 1. The normalized spacial score (nSPS) is 10.9. The highest BCUT2D eigenvalue weighted by molar-refractivity contribution is 9.10. The number of hydrogen-bond acceptors (Lipinski definition) is 3. The summed E-state index contributed by atoms with van der Waals surface area (Å²) in [5.74, 6) is 1.21. The molecular weight excluding hydrogens is 280 g/mol. The fourth-order valence-corrected chi connectivity index (χ4v) is 2.02. The predicted octanol–water partition coefficient (Wildman–Crippen LogP) is 2.77. The van der Waals surface area contributed by atoms with Crippen LogP contribution in [0, 0.1) is 0 Å². The molecule has 5 heteroatoms. The van der Waals surface area contributed by atoms with E-state index in [0.717, 1.165) is 21.3 Å². The molecular formula is C12H9BrN4. The SMILES string of the molecule is Nc1nc2ccccc2n1-c1ccc(Br)cn1. The van der Waals surface area contributed by atoms with Gasteiger partial charge in [0.15, 0.2) is 0 Å². The van der Waals surface area contributed by atoms with Crippen molar-refractivity contribution < 1.29 is 0 Å². The maximum atomic E-state index is 5.92. The van der Waals surface area contributed by atoms with Crippen molar-refractivity contribution in [2.75, 3.05) is 5.73 Å². The standard InChI is InChI=1S/C12H9BrN4/c13-8-5-6-11(15-7-8)17-10-4-2-1-3-9(10)16-12(17)14/h1-7H,(H2,14,16). The molecule has 2 N–H and O–H groups in total. The van der Waals surface area contributed by atoms with E-state index < -0.39 is 0 Å². The Hall–Kier alpha value is -1.88. The first-order chi connectivity index (χ1) is 8.25. The maximum Gasteiger partial charge on any atom is 0.207 e. The molecule has 1 aromatic carbocycles. The number of rotatable bonds is 1. The first-order valence-electron chi connectivity index (χ1n) is 5.10. The molecule has 0 radical (unpaired) electrons. The van der Waals surface area contributed by atoms with Crippen LogP contribution >= 0.6 is 15.9 Å². The molecule has 0 unspecified atom stereocenters. The summed E-state index contributed by atoms with van der Waals surface area (Å²) in [5.41, 5.74) is 7.75. The number of hydrogen-bond donors (Lipinski definition) is 1. The van der Waals surface area contributed by atoms with Crippen molar-refractivity contribution in [3.63, 3.8) is 0 Å². The highest BCUT2D eigenvalue weighted by Crippen LogP contribution is 2.22. The fourth-order valence-electron chi connectivity index (χ4n) is 1.79. The molecule has 4 nitrogen and oxygen atoms in total. The molecule has 3 rings (SSSR count). The second-order valence-corrected chi connectivity index (χ2v) is 4.54.